The van der Waals surface area contributed by atoms with Crippen molar-refractivity contribution in [2.75, 3.05) is 11.9 Å². The third-order valence-corrected chi connectivity index (χ3v) is 4.55. The van der Waals surface area contributed by atoms with Gasteiger partial charge in [0, 0.05) is 13.1 Å². The highest BCUT2D eigenvalue weighted by Gasteiger charge is 2.30. The summed E-state index contributed by atoms with van der Waals surface area (Å²) in [6, 6.07) is 5.05. The highest BCUT2D eigenvalue weighted by molar-refractivity contribution is 6.48. The summed E-state index contributed by atoms with van der Waals surface area (Å²) in [7, 11) is 1.07. The monoisotopic (exact) mass is 292 g/mol. The van der Waals surface area contributed by atoms with Crippen LogP contribution in [0.3, 0.4) is 0 Å². The Balaban J connectivity index is 2.16. The average Bonchev–Trinajstić information content (AvgIpc) is 3.18. The van der Waals surface area contributed by atoms with Crippen molar-refractivity contribution in [3.8, 4) is 0 Å². The lowest BCUT2D eigenvalue weighted by molar-refractivity contribution is 0.0827. The summed E-state index contributed by atoms with van der Waals surface area (Å²) < 4.78 is 6.22. The molecule has 0 spiro atoms. The lowest BCUT2D eigenvalue weighted by Gasteiger charge is -2.32. The molecule has 1 aliphatic rings. The Labute approximate surface area is 125 Å². The molecule has 0 amide bonds. The highest BCUT2D eigenvalue weighted by atomic mass is 28.3. The summed E-state index contributed by atoms with van der Waals surface area (Å²) in [6.07, 6.45) is 4.71. The molecule has 3 nitrogen and oxygen atoms in total. The summed E-state index contributed by atoms with van der Waals surface area (Å²) in [5, 5.41) is 0. The first-order chi connectivity index (χ1) is 9.29. The van der Waals surface area contributed by atoms with Gasteiger partial charge >= 0.3 is 0 Å². The number of hydrogen-bond acceptors (Lipinski definition) is 3. The van der Waals surface area contributed by atoms with Crippen molar-refractivity contribution < 1.29 is 4.43 Å². The normalized spacial score (nSPS) is 17.4. The number of anilines is 1. The van der Waals surface area contributed by atoms with E-state index in [0.29, 0.717) is 0 Å². The van der Waals surface area contributed by atoms with Gasteiger partial charge in [-0.1, -0.05) is 20.8 Å². The molecule has 0 aliphatic heterocycles. The topological polar surface area (TPSA) is 25.4 Å². The van der Waals surface area contributed by atoms with Gasteiger partial charge in [-0.05, 0) is 43.5 Å². The SMILES string of the molecule is CN(c1ccc(C(O[SiH](C)C)C(C)(C)C)nc1)C1CC1. The van der Waals surface area contributed by atoms with Gasteiger partial charge in [-0.15, -0.1) is 0 Å². The molecular weight excluding hydrogens is 264 g/mol. The number of rotatable bonds is 5. The van der Waals surface area contributed by atoms with Crippen LogP contribution in [0.2, 0.25) is 13.1 Å². The molecule has 1 aromatic rings. The van der Waals surface area contributed by atoms with E-state index in [0.717, 1.165) is 11.7 Å². The molecule has 20 heavy (non-hydrogen) atoms. The van der Waals surface area contributed by atoms with E-state index in [9.17, 15) is 0 Å². The maximum Gasteiger partial charge on any atom is 0.171 e. The van der Waals surface area contributed by atoms with Gasteiger partial charge in [0.05, 0.1) is 23.7 Å². The standard InChI is InChI=1S/C16H28N2OSi/c1-16(2,3)15(19-20(5)6)14-10-9-13(11-17-14)18(4)12-7-8-12/h9-12,15,20H,7-8H2,1-6H3. The van der Waals surface area contributed by atoms with Crippen molar-refractivity contribution >= 4 is 14.7 Å². The van der Waals surface area contributed by atoms with Crippen molar-refractivity contribution in [1.29, 1.82) is 0 Å². The van der Waals surface area contributed by atoms with E-state index >= 15 is 0 Å². The minimum absolute atomic E-state index is 0.0776. The maximum absolute atomic E-state index is 6.22. The number of hydrogen-bond donors (Lipinski definition) is 0. The molecule has 1 atom stereocenters. The van der Waals surface area contributed by atoms with Gasteiger partial charge in [0.1, 0.15) is 0 Å². The van der Waals surface area contributed by atoms with E-state index in [-0.39, 0.29) is 11.5 Å². The van der Waals surface area contributed by atoms with Crippen molar-refractivity contribution in [2.45, 2.75) is 58.9 Å². The van der Waals surface area contributed by atoms with E-state index in [1.165, 1.54) is 18.5 Å². The third-order valence-electron chi connectivity index (χ3n) is 3.74. The van der Waals surface area contributed by atoms with Crippen LogP contribution in [0.15, 0.2) is 18.3 Å². The molecule has 0 N–H and O–H groups in total. The second kappa shape index (κ2) is 5.86. The number of aromatic nitrogens is 1. The smallest absolute Gasteiger partial charge is 0.171 e. The van der Waals surface area contributed by atoms with Crippen LogP contribution in [0.25, 0.3) is 0 Å². The minimum atomic E-state index is -1.09. The second-order valence-electron chi connectivity index (χ2n) is 7.21. The van der Waals surface area contributed by atoms with Crippen LogP contribution in [0.4, 0.5) is 5.69 Å². The van der Waals surface area contributed by atoms with Gasteiger partial charge in [0.15, 0.2) is 9.04 Å². The first-order valence-electron chi connectivity index (χ1n) is 7.63. The lowest BCUT2D eigenvalue weighted by Crippen LogP contribution is -2.27. The third kappa shape index (κ3) is 3.82. The summed E-state index contributed by atoms with van der Waals surface area (Å²) >= 11 is 0. The van der Waals surface area contributed by atoms with E-state index < -0.39 is 9.04 Å². The zero-order valence-electron chi connectivity index (χ0n) is 13.7. The van der Waals surface area contributed by atoms with Gasteiger partial charge < -0.3 is 9.33 Å². The van der Waals surface area contributed by atoms with Crippen LogP contribution in [-0.2, 0) is 4.43 Å². The van der Waals surface area contributed by atoms with Gasteiger partial charge in [-0.3, -0.25) is 4.98 Å². The summed E-state index contributed by atoms with van der Waals surface area (Å²) in [6.45, 7) is 11.1. The summed E-state index contributed by atoms with van der Waals surface area (Å²) in [5.41, 5.74) is 2.35. The summed E-state index contributed by atoms with van der Waals surface area (Å²) in [5.74, 6) is 0. The Morgan fingerprint density at radius 1 is 1.30 bits per heavy atom. The van der Waals surface area contributed by atoms with Crippen LogP contribution >= 0.6 is 0 Å². The molecular formula is C16H28N2OSi. The van der Waals surface area contributed by atoms with Gasteiger partial charge in [0.25, 0.3) is 0 Å². The molecule has 1 fully saturated rings. The fourth-order valence-corrected chi connectivity index (χ4v) is 3.52. The molecule has 0 bridgehead atoms. The van der Waals surface area contributed by atoms with Gasteiger partial charge in [0.2, 0.25) is 0 Å². The van der Waals surface area contributed by atoms with Crippen molar-refractivity contribution in [1.82, 2.24) is 4.98 Å². The zero-order chi connectivity index (χ0) is 14.9. The molecule has 0 saturated heterocycles. The maximum atomic E-state index is 6.22. The van der Waals surface area contributed by atoms with Gasteiger partial charge in [-0.2, -0.15) is 0 Å². The Kier molecular flexibility index (Phi) is 4.54. The van der Waals surface area contributed by atoms with Crippen LogP contribution in [0.5, 0.6) is 0 Å². The Bertz CT molecular complexity index is 435. The molecule has 1 aliphatic carbocycles. The second-order valence-corrected chi connectivity index (χ2v) is 9.58. The molecule has 4 heteroatoms. The fourth-order valence-electron chi connectivity index (χ4n) is 2.42. The first kappa shape index (κ1) is 15.5. The molecule has 0 radical (unpaired) electrons. The predicted octanol–water partition coefficient (Wildman–Crippen LogP) is 3.77. The van der Waals surface area contributed by atoms with Crippen molar-refractivity contribution in [3.05, 3.63) is 24.0 Å². The van der Waals surface area contributed by atoms with E-state index in [4.69, 9.17) is 4.43 Å². The van der Waals surface area contributed by atoms with Crippen LogP contribution in [0.1, 0.15) is 45.4 Å². The van der Waals surface area contributed by atoms with E-state index in [1.807, 2.05) is 6.20 Å². The Morgan fingerprint density at radius 3 is 2.35 bits per heavy atom. The van der Waals surface area contributed by atoms with Crippen LogP contribution in [-0.4, -0.2) is 27.1 Å². The molecule has 1 saturated carbocycles. The van der Waals surface area contributed by atoms with Crippen molar-refractivity contribution in [3.63, 3.8) is 0 Å². The van der Waals surface area contributed by atoms with E-state index in [2.05, 4.69) is 62.9 Å². The number of nitrogens with zero attached hydrogens (tertiary/aromatic N) is 2. The molecule has 112 valence electrons. The summed E-state index contributed by atoms with van der Waals surface area (Å²) in [4.78, 5) is 7.02. The molecule has 1 aromatic heterocycles. The molecule has 0 aromatic carbocycles. The average molecular weight is 292 g/mol. The van der Waals surface area contributed by atoms with E-state index in [1.54, 1.807) is 0 Å². The highest BCUT2D eigenvalue weighted by Crippen LogP contribution is 2.36. The van der Waals surface area contributed by atoms with Crippen LogP contribution in [0, 0.1) is 5.41 Å². The molecule has 2 rings (SSSR count). The Morgan fingerprint density at radius 2 is 1.95 bits per heavy atom. The van der Waals surface area contributed by atoms with Crippen LogP contribution < -0.4 is 4.90 Å². The first-order valence-corrected chi connectivity index (χ1v) is 10.4. The van der Waals surface area contributed by atoms with Gasteiger partial charge in [-0.25, -0.2) is 0 Å². The fraction of sp³-hybridized carbons (Fsp3) is 0.688. The molecule has 1 heterocycles. The van der Waals surface area contributed by atoms with Crippen molar-refractivity contribution in [2.24, 2.45) is 5.41 Å². The number of pyridine rings is 1. The molecule has 1 unspecified atom stereocenters. The predicted molar refractivity (Wildman–Crippen MR) is 87.8 cm³/mol. The quantitative estimate of drug-likeness (QED) is 0.773. The zero-order valence-corrected chi connectivity index (χ0v) is 14.8. The Hall–Kier alpha value is -0.873. The minimum Gasteiger partial charge on any atom is -0.412 e. The largest absolute Gasteiger partial charge is 0.412 e. The lowest BCUT2D eigenvalue weighted by atomic mass is 9.87.